The molecule has 1 heterocycles. The average molecular weight is 264 g/mol. The van der Waals surface area contributed by atoms with E-state index in [1.54, 1.807) is 0 Å². The van der Waals surface area contributed by atoms with Crippen LogP contribution >= 0.6 is 0 Å². The van der Waals surface area contributed by atoms with Gasteiger partial charge in [0.1, 0.15) is 0 Å². The van der Waals surface area contributed by atoms with Gasteiger partial charge in [-0.25, -0.2) is 0 Å². The fraction of sp³-hybridized carbons (Fsp3) is 1.00. The third-order valence-corrected chi connectivity index (χ3v) is 4.66. The summed E-state index contributed by atoms with van der Waals surface area (Å²) >= 11 is 0. The minimum atomic E-state index is -4.07. The SMILES string of the molecule is CCC1(CN2CCNCC(C(F)(F)F)C2)CCC1. The fourth-order valence-corrected chi connectivity index (χ4v) is 3.12. The fourth-order valence-electron chi connectivity index (χ4n) is 3.12. The van der Waals surface area contributed by atoms with Crippen LogP contribution in [0.2, 0.25) is 0 Å². The maximum absolute atomic E-state index is 12.8. The standard InChI is InChI=1S/C13H23F3N2/c1-2-12(4-3-5-12)10-18-7-6-17-8-11(9-18)13(14,15)16/h11,17H,2-10H2,1H3. The minimum absolute atomic E-state index is 0.0686. The third kappa shape index (κ3) is 3.18. The van der Waals surface area contributed by atoms with E-state index in [9.17, 15) is 13.2 Å². The Bertz CT molecular complexity index is 268. The van der Waals surface area contributed by atoms with E-state index in [2.05, 4.69) is 12.2 Å². The lowest BCUT2D eigenvalue weighted by Crippen LogP contribution is -2.45. The van der Waals surface area contributed by atoms with E-state index in [0.29, 0.717) is 12.0 Å². The molecule has 2 rings (SSSR count). The summed E-state index contributed by atoms with van der Waals surface area (Å²) in [7, 11) is 0. The quantitative estimate of drug-likeness (QED) is 0.843. The molecular formula is C13H23F3N2. The van der Waals surface area contributed by atoms with Crippen LogP contribution in [0.3, 0.4) is 0 Å². The van der Waals surface area contributed by atoms with Crippen molar-refractivity contribution in [3.8, 4) is 0 Å². The zero-order valence-corrected chi connectivity index (χ0v) is 11.0. The van der Waals surface area contributed by atoms with Crippen molar-refractivity contribution in [1.29, 1.82) is 0 Å². The average Bonchev–Trinajstić information content (AvgIpc) is 2.48. The summed E-state index contributed by atoms with van der Waals surface area (Å²) in [5.74, 6) is -1.21. The molecule has 1 saturated carbocycles. The lowest BCUT2D eigenvalue weighted by Gasteiger charge is -2.45. The Hall–Kier alpha value is -0.290. The second kappa shape index (κ2) is 5.37. The first-order valence-electron chi connectivity index (χ1n) is 6.95. The zero-order valence-electron chi connectivity index (χ0n) is 11.0. The van der Waals surface area contributed by atoms with Crippen molar-refractivity contribution in [2.45, 2.75) is 38.8 Å². The lowest BCUT2D eigenvalue weighted by molar-refractivity contribution is -0.177. The topological polar surface area (TPSA) is 15.3 Å². The number of nitrogens with zero attached hydrogens (tertiary/aromatic N) is 1. The predicted molar refractivity (Wildman–Crippen MR) is 65.4 cm³/mol. The van der Waals surface area contributed by atoms with Crippen LogP contribution < -0.4 is 5.32 Å². The van der Waals surface area contributed by atoms with Gasteiger partial charge in [-0.2, -0.15) is 13.2 Å². The number of hydrogen-bond donors (Lipinski definition) is 1. The third-order valence-electron chi connectivity index (χ3n) is 4.66. The smallest absolute Gasteiger partial charge is 0.315 e. The van der Waals surface area contributed by atoms with Crippen molar-refractivity contribution in [2.24, 2.45) is 11.3 Å². The molecule has 1 atom stereocenters. The Balaban J connectivity index is 1.95. The molecule has 0 spiro atoms. The summed E-state index contributed by atoms with van der Waals surface area (Å²) in [5, 5.41) is 2.91. The van der Waals surface area contributed by atoms with Crippen molar-refractivity contribution in [3.05, 3.63) is 0 Å². The van der Waals surface area contributed by atoms with Gasteiger partial charge in [-0.1, -0.05) is 13.3 Å². The highest BCUT2D eigenvalue weighted by Crippen LogP contribution is 2.44. The summed E-state index contributed by atoms with van der Waals surface area (Å²) < 4.78 is 38.5. The maximum atomic E-state index is 12.8. The van der Waals surface area contributed by atoms with E-state index < -0.39 is 12.1 Å². The number of halogens is 3. The van der Waals surface area contributed by atoms with Crippen molar-refractivity contribution >= 4 is 0 Å². The second-order valence-corrected chi connectivity index (χ2v) is 5.88. The van der Waals surface area contributed by atoms with Crippen LogP contribution in [0.5, 0.6) is 0 Å². The van der Waals surface area contributed by atoms with Gasteiger partial charge in [0.05, 0.1) is 5.92 Å². The van der Waals surface area contributed by atoms with Gasteiger partial charge >= 0.3 is 6.18 Å². The molecule has 0 aromatic carbocycles. The molecular weight excluding hydrogens is 241 g/mol. The molecule has 1 N–H and O–H groups in total. The Kier molecular flexibility index (Phi) is 4.22. The Labute approximate surface area is 107 Å². The molecule has 0 aromatic heterocycles. The Morgan fingerprint density at radius 3 is 2.56 bits per heavy atom. The molecule has 0 amide bonds. The van der Waals surface area contributed by atoms with Crippen LogP contribution in [0.25, 0.3) is 0 Å². The van der Waals surface area contributed by atoms with Crippen LogP contribution in [0.4, 0.5) is 13.2 Å². The summed E-state index contributed by atoms with van der Waals surface area (Å²) in [5.41, 5.74) is 0.306. The Morgan fingerprint density at radius 1 is 1.33 bits per heavy atom. The summed E-state index contributed by atoms with van der Waals surface area (Å²) in [6.07, 6.45) is 0.624. The van der Waals surface area contributed by atoms with Crippen LogP contribution in [0, 0.1) is 11.3 Å². The summed E-state index contributed by atoms with van der Waals surface area (Å²) in [6.45, 7) is 4.66. The molecule has 0 aromatic rings. The first-order valence-corrected chi connectivity index (χ1v) is 6.95. The van der Waals surface area contributed by atoms with E-state index in [1.807, 2.05) is 4.90 Å². The van der Waals surface area contributed by atoms with Gasteiger partial charge in [-0.3, -0.25) is 0 Å². The van der Waals surface area contributed by atoms with Gasteiger partial charge in [0.25, 0.3) is 0 Å². The lowest BCUT2D eigenvalue weighted by atomic mass is 9.66. The molecule has 18 heavy (non-hydrogen) atoms. The van der Waals surface area contributed by atoms with Crippen LogP contribution in [0.1, 0.15) is 32.6 Å². The van der Waals surface area contributed by atoms with Gasteiger partial charge in [0, 0.05) is 32.7 Å². The monoisotopic (exact) mass is 264 g/mol. The summed E-state index contributed by atoms with van der Waals surface area (Å²) in [6, 6.07) is 0. The van der Waals surface area contributed by atoms with Crippen molar-refractivity contribution in [2.75, 3.05) is 32.7 Å². The Morgan fingerprint density at radius 2 is 2.06 bits per heavy atom. The molecule has 0 bridgehead atoms. The van der Waals surface area contributed by atoms with Crippen molar-refractivity contribution in [1.82, 2.24) is 10.2 Å². The van der Waals surface area contributed by atoms with E-state index in [1.165, 1.54) is 19.3 Å². The maximum Gasteiger partial charge on any atom is 0.394 e. The van der Waals surface area contributed by atoms with Crippen LogP contribution in [-0.2, 0) is 0 Å². The largest absolute Gasteiger partial charge is 0.394 e. The van der Waals surface area contributed by atoms with Gasteiger partial charge < -0.3 is 10.2 Å². The van der Waals surface area contributed by atoms with Gasteiger partial charge in [-0.15, -0.1) is 0 Å². The normalized spacial score (nSPS) is 29.7. The van der Waals surface area contributed by atoms with Crippen LogP contribution in [0.15, 0.2) is 0 Å². The van der Waals surface area contributed by atoms with E-state index in [0.717, 1.165) is 19.5 Å². The summed E-state index contributed by atoms with van der Waals surface area (Å²) in [4.78, 5) is 2.03. The minimum Gasteiger partial charge on any atom is -0.315 e. The highest BCUT2D eigenvalue weighted by atomic mass is 19.4. The van der Waals surface area contributed by atoms with Crippen LogP contribution in [-0.4, -0.2) is 43.8 Å². The molecule has 1 aliphatic carbocycles. The molecule has 2 aliphatic rings. The highest BCUT2D eigenvalue weighted by molar-refractivity contribution is 4.91. The van der Waals surface area contributed by atoms with E-state index >= 15 is 0 Å². The van der Waals surface area contributed by atoms with E-state index in [4.69, 9.17) is 0 Å². The molecule has 1 unspecified atom stereocenters. The molecule has 1 aliphatic heterocycles. The van der Waals surface area contributed by atoms with Crippen molar-refractivity contribution < 1.29 is 13.2 Å². The number of nitrogens with one attached hydrogen (secondary N) is 1. The molecule has 106 valence electrons. The number of rotatable bonds is 3. The second-order valence-electron chi connectivity index (χ2n) is 5.88. The molecule has 5 heteroatoms. The van der Waals surface area contributed by atoms with Gasteiger partial charge in [-0.05, 0) is 24.7 Å². The predicted octanol–water partition coefficient (Wildman–Crippen LogP) is 2.65. The molecule has 2 fully saturated rings. The first kappa shape index (κ1) is 14.1. The van der Waals surface area contributed by atoms with Gasteiger partial charge in [0.2, 0.25) is 0 Å². The van der Waals surface area contributed by atoms with Crippen molar-refractivity contribution in [3.63, 3.8) is 0 Å². The van der Waals surface area contributed by atoms with E-state index in [-0.39, 0.29) is 13.1 Å². The van der Waals surface area contributed by atoms with Gasteiger partial charge in [0.15, 0.2) is 0 Å². The molecule has 1 saturated heterocycles. The number of alkyl halides is 3. The zero-order chi connectivity index (χ0) is 13.2. The first-order chi connectivity index (χ1) is 8.45. The number of hydrogen-bond acceptors (Lipinski definition) is 2. The molecule has 2 nitrogen and oxygen atoms in total. The highest BCUT2D eigenvalue weighted by Gasteiger charge is 2.43. The molecule has 0 radical (unpaired) electrons.